The van der Waals surface area contributed by atoms with Crippen molar-refractivity contribution in [2.45, 2.75) is 38.8 Å². The van der Waals surface area contributed by atoms with Crippen LogP contribution in [0.15, 0.2) is 36.4 Å². The van der Waals surface area contributed by atoms with Crippen LogP contribution in [0.1, 0.15) is 25.0 Å². The van der Waals surface area contributed by atoms with Crippen LogP contribution in [-0.4, -0.2) is 45.4 Å². The number of para-hydroxylation sites is 1. The molecular formula is C23H27NO6. The molecule has 0 bridgehead atoms. The quantitative estimate of drug-likeness (QED) is 0.649. The van der Waals surface area contributed by atoms with E-state index >= 15 is 0 Å². The minimum absolute atomic E-state index is 0.0196. The van der Waals surface area contributed by atoms with Gasteiger partial charge in [0.25, 0.3) is 5.91 Å². The summed E-state index contributed by atoms with van der Waals surface area (Å²) < 4.78 is 21.4. The van der Waals surface area contributed by atoms with Crippen molar-refractivity contribution in [3.05, 3.63) is 47.5 Å². The van der Waals surface area contributed by atoms with E-state index in [1.54, 1.807) is 24.0 Å². The van der Waals surface area contributed by atoms with Gasteiger partial charge in [-0.25, -0.2) is 0 Å². The molecule has 0 aromatic heterocycles. The summed E-state index contributed by atoms with van der Waals surface area (Å²) in [7, 11) is 4.53. The van der Waals surface area contributed by atoms with E-state index in [1.165, 1.54) is 21.3 Å². The second kappa shape index (κ2) is 9.07. The summed E-state index contributed by atoms with van der Waals surface area (Å²) in [5, 5.41) is 0. The van der Waals surface area contributed by atoms with Crippen molar-refractivity contribution >= 4 is 17.6 Å². The molecule has 0 radical (unpaired) electrons. The molecule has 0 N–H and O–H groups in total. The number of hydrogen-bond donors (Lipinski definition) is 0. The smallest absolute Gasteiger partial charge is 0.311 e. The summed E-state index contributed by atoms with van der Waals surface area (Å²) in [6.45, 7) is 3.59. The first-order chi connectivity index (χ1) is 14.4. The Balaban J connectivity index is 1.70. The monoisotopic (exact) mass is 413 g/mol. The van der Waals surface area contributed by atoms with Gasteiger partial charge in [0.15, 0.2) is 17.6 Å². The number of methoxy groups -OCH3 is 3. The Morgan fingerprint density at radius 1 is 1.07 bits per heavy atom. The lowest BCUT2D eigenvalue weighted by atomic mass is 10.1. The van der Waals surface area contributed by atoms with Crippen LogP contribution in [0, 0.1) is 0 Å². The van der Waals surface area contributed by atoms with Crippen LogP contribution in [0.5, 0.6) is 17.2 Å². The van der Waals surface area contributed by atoms with Crippen LogP contribution < -0.4 is 19.1 Å². The number of rotatable bonds is 7. The highest BCUT2D eigenvalue weighted by Gasteiger charge is 2.34. The Morgan fingerprint density at radius 2 is 1.70 bits per heavy atom. The molecule has 0 saturated heterocycles. The summed E-state index contributed by atoms with van der Waals surface area (Å²) >= 11 is 0. The molecule has 7 nitrogen and oxygen atoms in total. The van der Waals surface area contributed by atoms with E-state index in [0.717, 1.165) is 17.7 Å². The molecule has 160 valence electrons. The number of esters is 1. The molecule has 30 heavy (non-hydrogen) atoms. The summed E-state index contributed by atoms with van der Waals surface area (Å²) in [5.41, 5.74) is 2.63. The maximum atomic E-state index is 13.0. The van der Waals surface area contributed by atoms with Gasteiger partial charge in [0.05, 0.1) is 27.8 Å². The average Bonchev–Trinajstić information content (AvgIpc) is 3.07. The van der Waals surface area contributed by atoms with E-state index in [2.05, 4.69) is 0 Å². The lowest BCUT2D eigenvalue weighted by Crippen LogP contribution is -2.43. The van der Waals surface area contributed by atoms with Crippen LogP contribution in [0.25, 0.3) is 0 Å². The normalized spacial score (nSPS) is 15.9. The van der Waals surface area contributed by atoms with E-state index < -0.39 is 12.1 Å². The first-order valence-corrected chi connectivity index (χ1v) is 9.78. The highest BCUT2D eigenvalue weighted by Crippen LogP contribution is 2.38. The zero-order valence-electron chi connectivity index (χ0n) is 17.9. The molecule has 1 aliphatic heterocycles. The molecule has 0 unspecified atom stereocenters. The molecule has 3 rings (SSSR count). The number of carbonyl (C=O) groups excluding carboxylic acids is 2. The topological polar surface area (TPSA) is 74.3 Å². The third-order valence-corrected chi connectivity index (χ3v) is 5.17. The predicted molar refractivity (Wildman–Crippen MR) is 112 cm³/mol. The van der Waals surface area contributed by atoms with Crippen molar-refractivity contribution in [2.75, 3.05) is 26.2 Å². The predicted octanol–water partition coefficient (Wildman–Crippen LogP) is 3.16. The number of ether oxygens (including phenoxy) is 4. The van der Waals surface area contributed by atoms with Crippen LogP contribution in [0.3, 0.4) is 0 Å². The number of carbonyl (C=O) groups is 2. The standard InChI is InChI=1S/C23H27NO6/c1-14-10-17-8-6-7-9-18(17)24(14)23(26)15(2)30-21(25)13-16-11-19(27-3)22(29-5)20(12-16)28-4/h6-9,11-12,14-15H,10,13H2,1-5H3/t14-,15+/m0/s1. The molecule has 1 heterocycles. The Bertz CT molecular complexity index is 916. The second-order valence-electron chi connectivity index (χ2n) is 7.23. The summed E-state index contributed by atoms with van der Waals surface area (Å²) in [6, 6.07) is 11.2. The van der Waals surface area contributed by atoms with Crippen LogP contribution >= 0.6 is 0 Å². The largest absolute Gasteiger partial charge is 0.493 e. The molecule has 0 aliphatic carbocycles. The third-order valence-electron chi connectivity index (χ3n) is 5.17. The number of hydrogen-bond acceptors (Lipinski definition) is 6. The highest BCUT2D eigenvalue weighted by molar-refractivity contribution is 5.99. The Labute approximate surface area is 176 Å². The molecule has 7 heteroatoms. The van der Waals surface area contributed by atoms with E-state index in [1.807, 2.05) is 31.2 Å². The summed E-state index contributed by atoms with van der Waals surface area (Å²) in [6.07, 6.45) is -0.137. The summed E-state index contributed by atoms with van der Waals surface area (Å²) in [5.74, 6) is 0.607. The zero-order chi connectivity index (χ0) is 21.8. The van der Waals surface area contributed by atoms with Crippen molar-refractivity contribution < 1.29 is 28.5 Å². The Morgan fingerprint density at radius 3 is 2.30 bits per heavy atom. The number of nitrogens with zero attached hydrogens (tertiary/aromatic N) is 1. The fourth-order valence-electron chi connectivity index (χ4n) is 3.79. The molecule has 1 amide bonds. The van der Waals surface area contributed by atoms with Gasteiger partial charge in [-0.1, -0.05) is 18.2 Å². The highest BCUT2D eigenvalue weighted by atomic mass is 16.5. The van der Waals surface area contributed by atoms with Gasteiger partial charge in [-0.2, -0.15) is 0 Å². The molecular weight excluding hydrogens is 386 g/mol. The molecule has 2 aromatic rings. The maximum Gasteiger partial charge on any atom is 0.311 e. The summed E-state index contributed by atoms with van der Waals surface area (Å²) in [4.78, 5) is 27.2. The molecule has 2 atom stereocenters. The molecule has 2 aromatic carbocycles. The van der Waals surface area contributed by atoms with Gasteiger partial charge in [-0.05, 0) is 49.6 Å². The van der Waals surface area contributed by atoms with Crippen molar-refractivity contribution in [1.29, 1.82) is 0 Å². The second-order valence-corrected chi connectivity index (χ2v) is 7.23. The minimum atomic E-state index is -0.895. The molecule has 0 spiro atoms. The first kappa shape index (κ1) is 21.5. The van der Waals surface area contributed by atoms with E-state index in [0.29, 0.717) is 22.8 Å². The van der Waals surface area contributed by atoms with Gasteiger partial charge in [0.1, 0.15) is 0 Å². The minimum Gasteiger partial charge on any atom is -0.493 e. The zero-order valence-corrected chi connectivity index (χ0v) is 17.9. The first-order valence-electron chi connectivity index (χ1n) is 9.78. The van der Waals surface area contributed by atoms with Gasteiger partial charge in [0, 0.05) is 11.7 Å². The van der Waals surface area contributed by atoms with Gasteiger partial charge >= 0.3 is 5.97 Å². The van der Waals surface area contributed by atoms with Gasteiger partial charge in [-0.15, -0.1) is 0 Å². The fourth-order valence-corrected chi connectivity index (χ4v) is 3.79. The van der Waals surface area contributed by atoms with Gasteiger partial charge in [0.2, 0.25) is 5.75 Å². The number of benzene rings is 2. The molecule has 1 aliphatic rings. The Kier molecular flexibility index (Phi) is 6.50. The number of fused-ring (bicyclic) bond motifs is 1. The number of amides is 1. The van der Waals surface area contributed by atoms with E-state index in [9.17, 15) is 9.59 Å². The maximum absolute atomic E-state index is 13.0. The third kappa shape index (κ3) is 4.20. The van der Waals surface area contributed by atoms with Crippen LogP contribution in [-0.2, 0) is 27.2 Å². The Hall–Kier alpha value is -3.22. The van der Waals surface area contributed by atoms with Crippen LogP contribution in [0.2, 0.25) is 0 Å². The number of anilines is 1. The van der Waals surface area contributed by atoms with Crippen molar-refractivity contribution in [3.63, 3.8) is 0 Å². The molecule has 0 fully saturated rings. The fraction of sp³-hybridized carbons (Fsp3) is 0.391. The van der Waals surface area contributed by atoms with E-state index in [-0.39, 0.29) is 18.4 Å². The van der Waals surface area contributed by atoms with Gasteiger partial charge < -0.3 is 23.8 Å². The molecule has 0 saturated carbocycles. The lowest BCUT2D eigenvalue weighted by Gasteiger charge is -2.26. The van der Waals surface area contributed by atoms with Crippen molar-refractivity contribution in [2.24, 2.45) is 0 Å². The lowest BCUT2D eigenvalue weighted by molar-refractivity contribution is -0.153. The van der Waals surface area contributed by atoms with E-state index in [4.69, 9.17) is 18.9 Å². The van der Waals surface area contributed by atoms with Gasteiger partial charge in [-0.3, -0.25) is 9.59 Å². The average molecular weight is 413 g/mol. The van der Waals surface area contributed by atoms with Crippen LogP contribution in [0.4, 0.5) is 5.69 Å². The van der Waals surface area contributed by atoms with Crippen molar-refractivity contribution in [3.8, 4) is 17.2 Å². The SMILES string of the molecule is COc1cc(CC(=O)O[C@H](C)C(=O)N2c3ccccc3C[C@@H]2C)cc(OC)c1OC. The van der Waals surface area contributed by atoms with Crippen molar-refractivity contribution in [1.82, 2.24) is 0 Å².